The standard InChI is InChI=1S/C20H17N3O3S/c1-13-6-7-17-21-14(10-19(24)23(17)11-13)12-26-20(25)9-8-18-22-15-4-2-3-5-16(15)27-18/h2-7,10-11H,8-9,12H2,1H3. The van der Waals surface area contributed by atoms with E-state index in [9.17, 15) is 9.59 Å². The average molecular weight is 379 g/mol. The second-order valence-electron chi connectivity index (χ2n) is 6.26. The van der Waals surface area contributed by atoms with Crippen LogP contribution in [0.3, 0.4) is 0 Å². The van der Waals surface area contributed by atoms with Crippen molar-refractivity contribution >= 4 is 33.2 Å². The maximum absolute atomic E-state index is 12.2. The predicted octanol–water partition coefficient (Wildman–Crippen LogP) is 3.29. The van der Waals surface area contributed by atoms with E-state index in [2.05, 4.69) is 9.97 Å². The van der Waals surface area contributed by atoms with E-state index in [0.29, 0.717) is 17.8 Å². The fourth-order valence-corrected chi connectivity index (χ4v) is 3.76. The van der Waals surface area contributed by atoms with Crippen LogP contribution in [0.1, 0.15) is 22.7 Å². The first-order valence-electron chi connectivity index (χ1n) is 8.57. The molecule has 0 saturated heterocycles. The van der Waals surface area contributed by atoms with Crippen molar-refractivity contribution in [2.24, 2.45) is 0 Å². The summed E-state index contributed by atoms with van der Waals surface area (Å²) in [5.41, 5.74) is 2.71. The van der Waals surface area contributed by atoms with E-state index < -0.39 is 0 Å². The van der Waals surface area contributed by atoms with Crippen molar-refractivity contribution in [3.63, 3.8) is 0 Å². The van der Waals surface area contributed by atoms with Gasteiger partial charge in [0.1, 0.15) is 12.3 Å². The van der Waals surface area contributed by atoms with Gasteiger partial charge in [0.15, 0.2) is 0 Å². The smallest absolute Gasteiger partial charge is 0.306 e. The zero-order valence-electron chi connectivity index (χ0n) is 14.7. The Morgan fingerprint density at radius 3 is 2.89 bits per heavy atom. The number of hydrogen-bond donors (Lipinski definition) is 0. The molecule has 7 heteroatoms. The summed E-state index contributed by atoms with van der Waals surface area (Å²) in [6, 6.07) is 12.9. The molecule has 1 aromatic carbocycles. The van der Waals surface area contributed by atoms with E-state index in [-0.39, 0.29) is 24.6 Å². The van der Waals surface area contributed by atoms with Crippen LogP contribution >= 0.6 is 11.3 Å². The highest BCUT2D eigenvalue weighted by Gasteiger charge is 2.10. The van der Waals surface area contributed by atoms with Crippen LogP contribution in [0, 0.1) is 6.92 Å². The van der Waals surface area contributed by atoms with Crippen molar-refractivity contribution in [1.82, 2.24) is 14.4 Å². The largest absolute Gasteiger partial charge is 0.459 e. The van der Waals surface area contributed by atoms with E-state index in [1.54, 1.807) is 23.6 Å². The first-order valence-corrected chi connectivity index (χ1v) is 9.39. The molecule has 0 aliphatic carbocycles. The van der Waals surface area contributed by atoms with Crippen molar-refractivity contribution in [2.75, 3.05) is 0 Å². The Morgan fingerprint density at radius 1 is 1.19 bits per heavy atom. The van der Waals surface area contributed by atoms with Crippen LogP contribution in [-0.4, -0.2) is 20.3 Å². The van der Waals surface area contributed by atoms with Crippen molar-refractivity contribution in [2.45, 2.75) is 26.4 Å². The third kappa shape index (κ3) is 3.88. The lowest BCUT2D eigenvalue weighted by Gasteiger charge is -2.06. The fraction of sp³-hybridized carbons (Fsp3) is 0.200. The van der Waals surface area contributed by atoms with E-state index in [4.69, 9.17) is 4.74 Å². The lowest BCUT2D eigenvalue weighted by atomic mass is 10.3. The van der Waals surface area contributed by atoms with Gasteiger partial charge in [0.25, 0.3) is 5.56 Å². The van der Waals surface area contributed by atoms with Crippen LogP contribution in [-0.2, 0) is 22.6 Å². The van der Waals surface area contributed by atoms with Crippen LogP contribution in [0.5, 0.6) is 0 Å². The zero-order valence-corrected chi connectivity index (χ0v) is 15.5. The van der Waals surface area contributed by atoms with E-state index >= 15 is 0 Å². The van der Waals surface area contributed by atoms with Gasteiger partial charge in [0.05, 0.1) is 27.3 Å². The number of ether oxygens (including phenoxy) is 1. The minimum absolute atomic E-state index is 0.0156. The second kappa shape index (κ2) is 7.28. The van der Waals surface area contributed by atoms with Crippen LogP contribution in [0.25, 0.3) is 15.9 Å². The number of hydrogen-bond acceptors (Lipinski definition) is 6. The number of esters is 1. The molecule has 0 aliphatic rings. The molecule has 0 fully saturated rings. The van der Waals surface area contributed by atoms with Crippen molar-refractivity contribution < 1.29 is 9.53 Å². The Hall–Kier alpha value is -3.06. The molecule has 0 saturated carbocycles. The Balaban J connectivity index is 1.38. The SMILES string of the molecule is Cc1ccc2nc(COC(=O)CCc3nc4ccccc4s3)cc(=O)n2c1. The van der Waals surface area contributed by atoms with E-state index in [0.717, 1.165) is 20.8 Å². The number of benzene rings is 1. The molecule has 3 heterocycles. The summed E-state index contributed by atoms with van der Waals surface area (Å²) in [4.78, 5) is 33.1. The number of carbonyl (C=O) groups excluding carboxylic acids is 1. The van der Waals surface area contributed by atoms with Gasteiger partial charge < -0.3 is 4.74 Å². The Bertz CT molecular complexity index is 1160. The number of para-hydroxylation sites is 1. The summed E-state index contributed by atoms with van der Waals surface area (Å²) in [5, 5.41) is 0.908. The molecule has 4 aromatic rings. The molecule has 0 bridgehead atoms. The third-order valence-electron chi connectivity index (χ3n) is 4.12. The van der Waals surface area contributed by atoms with Gasteiger partial charge in [-0.2, -0.15) is 0 Å². The van der Waals surface area contributed by atoms with Crippen LogP contribution in [0.4, 0.5) is 0 Å². The average Bonchev–Trinajstić information content (AvgIpc) is 3.08. The molecular formula is C20H17N3O3S. The molecule has 0 amide bonds. The second-order valence-corrected chi connectivity index (χ2v) is 7.37. The Kier molecular flexibility index (Phi) is 4.68. The molecule has 0 atom stereocenters. The number of nitrogens with zero attached hydrogens (tertiary/aromatic N) is 3. The Labute approximate surface area is 159 Å². The van der Waals surface area contributed by atoms with Crippen molar-refractivity contribution in [3.8, 4) is 0 Å². The van der Waals surface area contributed by atoms with Gasteiger partial charge in [-0.15, -0.1) is 11.3 Å². The molecule has 0 spiro atoms. The quantitative estimate of drug-likeness (QED) is 0.498. The first-order chi connectivity index (χ1) is 13.1. The van der Waals surface area contributed by atoms with Gasteiger partial charge >= 0.3 is 5.97 Å². The van der Waals surface area contributed by atoms with Crippen LogP contribution < -0.4 is 5.56 Å². The minimum atomic E-state index is -0.333. The maximum atomic E-state index is 12.2. The van der Waals surface area contributed by atoms with Crippen LogP contribution in [0.15, 0.2) is 53.5 Å². The summed E-state index contributed by atoms with van der Waals surface area (Å²) in [6.45, 7) is 1.89. The minimum Gasteiger partial charge on any atom is -0.459 e. The van der Waals surface area contributed by atoms with E-state index in [1.807, 2.05) is 37.3 Å². The van der Waals surface area contributed by atoms with Crippen molar-refractivity contribution in [3.05, 3.63) is 75.3 Å². The topological polar surface area (TPSA) is 73.6 Å². The van der Waals surface area contributed by atoms with Crippen molar-refractivity contribution in [1.29, 1.82) is 0 Å². The molecule has 0 N–H and O–H groups in total. The van der Waals surface area contributed by atoms with E-state index in [1.165, 1.54) is 10.5 Å². The molecular weight excluding hydrogens is 362 g/mol. The number of rotatable bonds is 5. The molecule has 27 heavy (non-hydrogen) atoms. The summed E-state index contributed by atoms with van der Waals surface area (Å²) in [6.07, 6.45) is 2.51. The lowest BCUT2D eigenvalue weighted by Crippen LogP contribution is -2.17. The van der Waals surface area contributed by atoms with Gasteiger partial charge in [-0.25, -0.2) is 9.97 Å². The summed E-state index contributed by atoms with van der Waals surface area (Å²) < 4.78 is 7.87. The summed E-state index contributed by atoms with van der Waals surface area (Å²) >= 11 is 1.58. The maximum Gasteiger partial charge on any atom is 0.306 e. The summed E-state index contributed by atoms with van der Waals surface area (Å²) in [5.74, 6) is -0.333. The zero-order chi connectivity index (χ0) is 18.8. The van der Waals surface area contributed by atoms with Gasteiger partial charge in [-0.3, -0.25) is 14.0 Å². The molecule has 6 nitrogen and oxygen atoms in total. The highest BCUT2D eigenvalue weighted by molar-refractivity contribution is 7.18. The highest BCUT2D eigenvalue weighted by atomic mass is 32.1. The Morgan fingerprint density at radius 2 is 2.04 bits per heavy atom. The molecule has 136 valence electrons. The molecule has 4 rings (SSSR count). The number of aryl methyl sites for hydroxylation is 2. The molecule has 0 unspecified atom stereocenters. The molecule has 3 aromatic heterocycles. The number of carbonyl (C=O) groups is 1. The lowest BCUT2D eigenvalue weighted by molar-refractivity contribution is -0.145. The molecule has 0 radical (unpaired) electrons. The first kappa shape index (κ1) is 17.4. The molecule has 0 aliphatic heterocycles. The highest BCUT2D eigenvalue weighted by Crippen LogP contribution is 2.22. The number of pyridine rings is 1. The third-order valence-corrected chi connectivity index (χ3v) is 5.22. The number of thiazole rings is 1. The fourth-order valence-electron chi connectivity index (χ4n) is 2.79. The predicted molar refractivity (Wildman–Crippen MR) is 104 cm³/mol. The van der Waals surface area contributed by atoms with Crippen LogP contribution in [0.2, 0.25) is 0 Å². The summed E-state index contributed by atoms with van der Waals surface area (Å²) in [7, 11) is 0. The van der Waals surface area contributed by atoms with Gasteiger partial charge in [0, 0.05) is 18.7 Å². The van der Waals surface area contributed by atoms with Gasteiger partial charge in [-0.05, 0) is 30.7 Å². The van der Waals surface area contributed by atoms with Gasteiger partial charge in [-0.1, -0.05) is 18.2 Å². The number of fused-ring (bicyclic) bond motifs is 2. The normalized spacial score (nSPS) is 11.1. The van der Waals surface area contributed by atoms with Gasteiger partial charge in [0.2, 0.25) is 0 Å². The number of aromatic nitrogens is 3. The monoisotopic (exact) mass is 379 g/mol.